The molecule has 174 valence electrons. The van der Waals surface area contributed by atoms with Gasteiger partial charge in [-0.05, 0) is 76.3 Å². The average molecular weight is 449 g/mol. The number of rotatable bonds is 4. The number of hydrogen-bond donors (Lipinski definition) is 0. The normalized spacial score (nSPS) is 16.1. The van der Waals surface area contributed by atoms with E-state index >= 15 is 0 Å². The number of benzene rings is 1. The van der Waals surface area contributed by atoms with Crippen LogP contribution in [0.15, 0.2) is 18.2 Å². The van der Waals surface area contributed by atoms with Crippen molar-refractivity contribution in [3.05, 3.63) is 46.3 Å². The second-order valence-corrected chi connectivity index (χ2v) is 10.2. The van der Waals surface area contributed by atoms with Crippen molar-refractivity contribution >= 4 is 16.9 Å². The zero-order valence-electron chi connectivity index (χ0n) is 20.4. The number of nitrogens with zero attached hydrogens (tertiary/aromatic N) is 4. The maximum absolute atomic E-state index is 13.9. The third kappa shape index (κ3) is 3.73. The fourth-order valence-electron chi connectivity index (χ4n) is 4.76. The van der Waals surface area contributed by atoms with Gasteiger partial charge >= 0.3 is 0 Å². The Morgan fingerprint density at radius 3 is 2.33 bits per heavy atom. The molecule has 7 nitrogen and oxygen atoms in total. The highest BCUT2D eigenvalue weighted by Crippen LogP contribution is 2.41. The van der Waals surface area contributed by atoms with Crippen LogP contribution in [0.3, 0.4) is 0 Å². The predicted octanol–water partition coefficient (Wildman–Crippen LogP) is 4.59. The molecule has 1 fully saturated rings. The van der Waals surface area contributed by atoms with Crippen LogP contribution in [0.4, 0.5) is 0 Å². The fourth-order valence-corrected chi connectivity index (χ4v) is 4.76. The lowest BCUT2D eigenvalue weighted by molar-refractivity contribution is 0.0736. The highest BCUT2D eigenvalue weighted by atomic mass is 16.5. The van der Waals surface area contributed by atoms with Gasteiger partial charge in [-0.3, -0.25) is 4.79 Å². The van der Waals surface area contributed by atoms with Gasteiger partial charge in [0.05, 0.1) is 36.4 Å². The molecule has 0 N–H and O–H groups in total. The summed E-state index contributed by atoms with van der Waals surface area (Å²) in [6.07, 6.45) is 3.05. The Bertz CT molecular complexity index is 1250. The van der Waals surface area contributed by atoms with E-state index in [4.69, 9.17) is 19.6 Å². The quantitative estimate of drug-likeness (QED) is 0.584. The zero-order chi connectivity index (χ0) is 23.5. The first kappa shape index (κ1) is 21.7. The molecule has 3 heterocycles. The Labute approximate surface area is 194 Å². The number of carbonyl (C=O) groups excluding carboxylic acids is 1. The van der Waals surface area contributed by atoms with Crippen molar-refractivity contribution in [2.24, 2.45) is 0 Å². The van der Waals surface area contributed by atoms with Crippen LogP contribution in [-0.2, 0) is 18.5 Å². The van der Waals surface area contributed by atoms with E-state index in [2.05, 4.69) is 20.8 Å². The van der Waals surface area contributed by atoms with E-state index in [0.717, 1.165) is 58.6 Å². The summed E-state index contributed by atoms with van der Waals surface area (Å²) in [7, 11) is 3.29. The molecule has 33 heavy (non-hydrogen) atoms. The molecule has 1 aliphatic carbocycles. The van der Waals surface area contributed by atoms with Gasteiger partial charge in [-0.2, -0.15) is 5.10 Å². The Morgan fingerprint density at radius 1 is 1.06 bits per heavy atom. The predicted molar refractivity (Wildman–Crippen MR) is 127 cm³/mol. The lowest BCUT2D eigenvalue weighted by atomic mass is 9.97. The van der Waals surface area contributed by atoms with Crippen LogP contribution < -0.4 is 9.47 Å². The van der Waals surface area contributed by atoms with E-state index in [0.29, 0.717) is 24.8 Å². The minimum Gasteiger partial charge on any atom is -0.493 e. The van der Waals surface area contributed by atoms with E-state index in [1.165, 1.54) is 5.56 Å². The third-order valence-electron chi connectivity index (χ3n) is 6.70. The van der Waals surface area contributed by atoms with Gasteiger partial charge < -0.3 is 14.4 Å². The number of aromatic nitrogens is 3. The zero-order valence-corrected chi connectivity index (χ0v) is 20.4. The monoisotopic (exact) mass is 448 g/mol. The molecular formula is C26H32N4O3. The Balaban J connectivity index is 1.57. The van der Waals surface area contributed by atoms with Gasteiger partial charge in [-0.15, -0.1) is 0 Å². The second-order valence-electron chi connectivity index (χ2n) is 10.2. The topological polar surface area (TPSA) is 69.5 Å². The van der Waals surface area contributed by atoms with E-state index in [9.17, 15) is 4.79 Å². The van der Waals surface area contributed by atoms with Gasteiger partial charge in [-0.25, -0.2) is 9.67 Å². The molecule has 0 saturated heterocycles. The van der Waals surface area contributed by atoms with E-state index in [1.807, 2.05) is 34.7 Å². The van der Waals surface area contributed by atoms with Crippen molar-refractivity contribution in [1.82, 2.24) is 19.7 Å². The van der Waals surface area contributed by atoms with Crippen molar-refractivity contribution in [3.8, 4) is 11.5 Å². The van der Waals surface area contributed by atoms with Crippen molar-refractivity contribution in [1.29, 1.82) is 0 Å². The Kier molecular flexibility index (Phi) is 5.10. The Hall–Kier alpha value is -3.09. The molecule has 0 bridgehead atoms. The molecule has 1 amide bonds. The summed E-state index contributed by atoms with van der Waals surface area (Å²) in [4.78, 5) is 20.8. The SMILES string of the molecule is COc1cc2c(cc1OC)CN(C(=O)c1cc(C3CC3)nc3c1c(C)nn3C(C)(C)C)CC2. The highest BCUT2D eigenvalue weighted by Gasteiger charge is 2.32. The minimum atomic E-state index is -0.221. The van der Waals surface area contributed by atoms with Crippen molar-refractivity contribution < 1.29 is 14.3 Å². The number of methoxy groups -OCH3 is 2. The first-order valence-electron chi connectivity index (χ1n) is 11.6. The van der Waals surface area contributed by atoms with Crippen molar-refractivity contribution in [2.45, 2.75) is 65.0 Å². The molecule has 7 heteroatoms. The van der Waals surface area contributed by atoms with Crippen LogP contribution in [0.2, 0.25) is 0 Å². The summed E-state index contributed by atoms with van der Waals surface area (Å²) in [5.74, 6) is 1.91. The second kappa shape index (κ2) is 7.75. The minimum absolute atomic E-state index is 0.0429. The molecule has 1 aliphatic heterocycles. The largest absolute Gasteiger partial charge is 0.493 e. The first-order valence-corrected chi connectivity index (χ1v) is 11.6. The molecule has 1 aromatic carbocycles. The van der Waals surface area contributed by atoms with E-state index in [-0.39, 0.29) is 11.4 Å². The van der Waals surface area contributed by atoms with Crippen LogP contribution in [0.25, 0.3) is 11.0 Å². The lowest BCUT2D eigenvalue weighted by Crippen LogP contribution is -2.36. The summed E-state index contributed by atoms with van der Waals surface area (Å²) >= 11 is 0. The van der Waals surface area contributed by atoms with Crippen LogP contribution >= 0.6 is 0 Å². The molecule has 0 radical (unpaired) electrons. The summed E-state index contributed by atoms with van der Waals surface area (Å²) in [6.45, 7) is 9.54. The summed E-state index contributed by atoms with van der Waals surface area (Å²) in [5, 5.41) is 5.67. The van der Waals surface area contributed by atoms with Gasteiger partial charge in [0.2, 0.25) is 0 Å². The first-order chi connectivity index (χ1) is 15.7. The van der Waals surface area contributed by atoms with Crippen LogP contribution in [-0.4, -0.2) is 46.3 Å². The molecule has 0 unspecified atom stereocenters. The van der Waals surface area contributed by atoms with Gasteiger partial charge in [0, 0.05) is 24.7 Å². The van der Waals surface area contributed by atoms with Gasteiger partial charge in [0.25, 0.3) is 5.91 Å². The molecule has 2 aliphatic rings. The lowest BCUT2D eigenvalue weighted by Gasteiger charge is -2.30. The highest BCUT2D eigenvalue weighted by molar-refractivity contribution is 6.06. The molecule has 0 atom stereocenters. The number of carbonyl (C=O) groups is 1. The number of aryl methyl sites for hydroxylation is 1. The Morgan fingerprint density at radius 2 is 1.73 bits per heavy atom. The number of amides is 1. The smallest absolute Gasteiger partial charge is 0.255 e. The number of fused-ring (bicyclic) bond motifs is 2. The van der Waals surface area contributed by atoms with E-state index < -0.39 is 0 Å². The van der Waals surface area contributed by atoms with Gasteiger partial charge in [0.15, 0.2) is 17.1 Å². The molecule has 0 spiro atoms. The van der Waals surface area contributed by atoms with Crippen LogP contribution in [0.1, 0.15) is 72.4 Å². The summed E-state index contributed by atoms with van der Waals surface area (Å²) < 4.78 is 12.9. The van der Waals surface area contributed by atoms with Gasteiger partial charge in [-0.1, -0.05) is 0 Å². The molecule has 5 rings (SSSR count). The van der Waals surface area contributed by atoms with Crippen molar-refractivity contribution in [3.63, 3.8) is 0 Å². The standard InChI is InChI=1S/C26H32N4O3/c1-15-23-19(13-20(16-7-8-16)27-24(23)30(28-15)26(2,3)4)25(31)29-10-9-17-11-21(32-5)22(33-6)12-18(17)14-29/h11-13,16H,7-10,14H2,1-6H3. The van der Waals surface area contributed by atoms with Crippen molar-refractivity contribution in [2.75, 3.05) is 20.8 Å². The van der Waals surface area contributed by atoms with Crippen LogP contribution in [0, 0.1) is 6.92 Å². The maximum atomic E-state index is 13.9. The molecule has 1 saturated carbocycles. The summed E-state index contributed by atoms with van der Waals surface area (Å²) in [6, 6.07) is 6.05. The fraction of sp³-hybridized carbons (Fsp3) is 0.500. The number of ether oxygens (including phenoxy) is 2. The molecule has 2 aromatic heterocycles. The van der Waals surface area contributed by atoms with E-state index in [1.54, 1.807) is 14.2 Å². The summed E-state index contributed by atoms with van der Waals surface area (Å²) in [5.41, 5.74) is 5.48. The van der Waals surface area contributed by atoms with Crippen LogP contribution in [0.5, 0.6) is 11.5 Å². The number of pyridine rings is 1. The molecular weight excluding hydrogens is 416 g/mol. The van der Waals surface area contributed by atoms with Gasteiger partial charge in [0.1, 0.15) is 0 Å². The number of hydrogen-bond acceptors (Lipinski definition) is 5. The maximum Gasteiger partial charge on any atom is 0.255 e. The molecule has 3 aromatic rings. The third-order valence-corrected chi connectivity index (χ3v) is 6.70. The average Bonchev–Trinajstić information content (AvgIpc) is 3.59.